The summed E-state index contributed by atoms with van der Waals surface area (Å²) in [4.78, 5) is 21.3. The van der Waals surface area contributed by atoms with Gasteiger partial charge in [0.05, 0.1) is 5.52 Å². The van der Waals surface area contributed by atoms with Crippen molar-refractivity contribution in [2.24, 2.45) is 0 Å². The molecule has 4 aromatic rings. The van der Waals surface area contributed by atoms with Crippen molar-refractivity contribution in [3.63, 3.8) is 0 Å². The molecule has 1 atom stereocenters. The summed E-state index contributed by atoms with van der Waals surface area (Å²) in [5, 5.41) is 8.30. The Morgan fingerprint density at radius 1 is 1.09 bits per heavy atom. The fourth-order valence-corrected chi connectivity index (χ4v) is 4.27. The van der Waals surface area contributed by atoms with Crippen molar-refractivity contribution in [2.75, 3.05) is 27.2 Å². The van der Waals surface area contributed by atoms with Crippen molar-refractivity contribution in [3.8, 4) is 23.0 Å². The van der Waals surface area contributed by atoms with Gasteiger partial charge in [0, 0.05) is 48.0 Å². The number of H-pyrrole nitrogens is 1. The van der Waals surface area contributed by atoms with E-state index in [9.17, 15) is 4.79 Å². The number of aromatic nitrogens is 3. The lowest BCUT2D eigenvalue weighted by molar-refractivity contribution is 0.0783. The monoisotopic (exact) mass is 435 g/mol. The molecular weight excluding hydrogens is 410 g/mol. The Labute approximate surface area is 193 Å². The molecule has 0 aliphatic carbocycles. The maximum absolute atomic E-state index is 13.1. The fourth-order valence-electron chi connectivity index (χ4n) is 4.27. The van der Waals surface area contributed by atoms with E-state index >= 15 is 0 Å². The number of carbonyl (C=O) groups excluding carboxylic acids is 1. The van der Waals surface area contributed by atoms with Gasteiger partial charge in [-0.15, -0.1) is 0 Å². The van der Waals surface area contributed by atoms with Gasteiger partial charge in [0.15, 0.2) is 0 Å². The van der Waals surface area contributed by atoms with Crippen LogP contribution in [0.4, 0.5) is 0 Å². The van der Waals surface area contributed by atoms with E-state index in [1.54, 1.807) is 12.4 Å². The van der Waals surface area contributed by atoms with Gasteiger partial charge in [-0.1, -0.05) is 24.1 Å². The predicted molar refractivity (Wildman–Crippen MR) is 130 cm³/mol. The van der Waals surface area contributed by atoms with E-state index in [-0.39, 0.29) is 5.91 Å². The summed E-state index contributed by atoms with van der Waals surface area (Å²) in [6.45, 7) is 1.54. The highest BCUT2D eigenvalue weighted by atomic mass is 16.2. The van der Waals surface area contributed by atoms with Gasteiger partial charge in [-0.3, -0.25) is 14.9 Å². The van der Waals surface area contributed by atoms with Crippen LogP contribution in [0.15, 0.2) is 67.0 Å². The molecule has 1 aliphatic heterocycles. The Kier molecular flexibility index (Phi) is 5.64. The standard InChI is InChI=1S/C27H25N5O/c1-31(2)22-13-16-32(18-22)27(33)21-8-10-26-24(17-21)25(29-30-26)9-7-19-5-3-4-6-23(19)20-11-14-28-15-12-20/h3-6,8,10-12,14-15,17,22H,13,16,18H2,1-2H3,(H,29,30). The lowest BCUT2D eigenvalue weighted by atomic mass is 10.0. The van der Waals surface area contributed by atoms with Crippen LogP contribution >= 0.6 is 0 Å². The molecule has 1 fully saturated rings. The SMILES string of the molecule is CN(C)C1CCN(C(=O)c2ccc3[nH]nc(C#Cc4ccccc4-c4ccncc4)c3c2)C1. The molecule has 1 amide bonds. The molecule has 1 saturated heterocycles. The van der Waals surface area contributed by atoms with Gasteiger partial charge in [-0.25, -0.2) is 0 Å². The third-order valence-corrected chi connectivity index (χ3v) is 6.22. The van der Waals surface area contributed by atoms with Crippen molar-refractivity contribution in [2.45, 2.75) is 12.5 Å². The van der Waals surface area contributed by atoms with Crippen LogP contribution in [0.25, 0.3) is 22.0 Å². The molecule has 164 valence electrons. The molecule has 3 heterocycles. The van der Waals surface area contributed by atoms with Crippen molar-refractivity contribution in [3.05, 3.63) is 83.8 Å². The maximum Gasteiger partial charge on any atom is 0.253 e. The van der Waals surface area contributed by atoms with E-state index in [0.717, 1.165) is 47.1 Å². The second-order valence-corrected chi connectivity index (χ2v) is 8.52. The van der Waals surface area contributed by atoms with Crippen LogP contribution in [0.1, 0.15) is 28.0 Å². The Hall–Kier alpha value is -3.95. The molecule has 6 nitrogen and oxygen atoms in total. The first-order chi connectivity index (χ1) is 16.1. The molecule has 33 heavy (non-hydrogen) atoms. The van der Waals surface area contributed by atoms with E-state index in [1.165, 1.54) is 0 Å². The molecule has 6 heteroatoms. The second-order valence-electron chi connectivity index (χ2n) is 8.52. The summed E-state index contributed by atoms with van der Waals surface area (Å²) < 4.78 is 0. The van der Waals surface area contributed by atoms with Gasteiger partial charge in [-0.2, -0.15) is 5.10 Å². The zero-order chi connectivity index (χ0) is 22.8. The number of benzene rings is 2. The number of nitrogens with zero attached hydrogens (tertiary/aromatic N) is 4. The third-order valence-electron chi connectivity index (χ3n) is 6.22. The highest BCUT2D eigenvalue weighted by Crippen LogP contribution is 2.24. The van der Waals surface area contributed by atoms with Crippen LogP contribution in [0.5, 0.6) is 0 Å². The molecule has 0 bridgehead atoms. The zero-order valence-corrected chi connectivity index (χ0v) is 18.7. The number of fused-ring (bicyclic) bond motifs is 1. The number of aromatic amines is 1. The minimum absolute atomic E-state index is 0.0596. The fraction of sp³-hybridized carbons (Fsp3) is 0.222. The summed E-state index contributed by atoms with van der Waals surface area (Å²) in [6, 6.07) is 18.1. The Morgan fingerprint density at radius 3 is 2.70 bits per heavy atom. The molecule has 1 unspecified atom stereocenters. The van der Waals surface area contributed by atoms with E-state index in [4.69, 9.17) is 0 Å². The van der Waals surface area contributed by atoms with Crippen LogP contribution in [-0.4, -0.2) is 64.1 Å². The van der Waals surface area contributed by atoms with E-state index < -0.39 is 0 Å². The van der Waals surface area contributed by atoms with E-state index in [2.05, 4.69) is 52.1 Å². The largest absolute Gasteiger partial charge is 0.337 e. The molecule has 2 aromatic heterocycles. The maximum atomic E-state index is 13.1. The first kappa shape index (κ1) is 20.9. The number of nitrogens with one attached hydrogen (secondary N) is 1. The number of pyridine rings is 1. The zero-order valence-electron chi connectivity index (χ0n) is 18.7. The minimum atomic E-state index is 0.0596. The van der Waals surface area contributed by atoms with Gasteiger partial charge >= 0.3 is 0 Å². The summed E-state index contributed by atoms with van der Waals surface area (Å²) in [6.07, 6.45) is 4.56. The molecular formula is C27H25N5O. The first-order valence-corrected chi connectivity index (χ1v) is 11.1. The number of carbonyl (C=O) groups is 1. The molecule has 0 spiro atoms. The van der Waals surface area contributed by atoms with E-state index in [1.807, 2.05) is 53.4 Å². The Balaban J connectivity index is 1.45. The minimum Gasteiger partial charge on any atom is -0.337 e. The first-order valence-electron chi connectivity index (χ1n) is 11.1. The molecule has 0 saturated carbocycles. The number of hydrogen-bond acceptors (Lipinski definition) is 4. The van der Waals surface area contributed by atoms with Crippen LogP contribution in [0, 0.1) is 11.8 Å². The van der Waals surface area contributed by atoms with Crippen molar-refractivity contribution < 1.29 is 4.79 Å². The highest BCUT2D eigenvalue weighted by Gasteiger charge is 2.28. The number of rotatable bonds is 3. The molecule has 2 aromatic carbocycles. The third kappa shape index (κ3) is 4.23. The number of likely N-dealkylation sites (N-methyl/N-ethyl adjacent to an activating group) is 1. The molecule has 1 aliphatic rings. The van der Waals surface area contributed by atoms with Gasteiger partial charge in [0.2, 0.25) is 0 Å². The number of likely N-dealkylation sites (tertiary alicyclic amines) is 1. The lowest BCUT2D eigenvalue weighted by Crippen LogP contribution is -2.34. The van der Waals surface area contributed by atoms with Gasteiger partial charge in [-0.05, 0) is 74.0 Å². The summed E-state index contributed by atoms with van der Waals surface area (Å²) in [7, 11) is 4.13. The summed E-state index contributed by atoms with van der Waals surface area (Å²) >= 11 is 0. The molecule has 5 rings (SSSR count). The van der Waals surface area contributed by atoms with Crippen molar-refractivity contribution in [1.82, 2.24) is 25.0 Å². The second kappa shape index (κ2) is 8.89. The average molecular weight is 436 g/mol. The molecule has 1 N–H and O–H groups in total. The number of amides is 1. The van der Waals surface area contributed by atoms with Crippen LogP contribution in [-0.2, 0) is 0 Å². The lowest BCUT2D eigenvalue weighted by Gasteiger charge is -2.20. The van der Waals surface area contributed by atoms with Gasteiger partial charge < -0.3 is 9.80 Å². The smallest absolute Gasteiger partial charge is 0.253 e. The predicted octanol–water partition coefficient (Wildman–Crippen LogP) is 3.80. The normalized spacial score (nSPS) is 15.6. The summed E-state index contributed by atoms with van der Waals surface area (Å²) in [5.74, 6) is 6.55. The van der Waals surface area contributed by atoms with Crippen LogP contribution in [0.2, 0.25) is 0 Å². The quantitative estimate of drug-likeness (QED) is 0.497. The van der Waals surface area contributed by atoms with Crippen LogP contribution < -0.4 is 0 Å². The Bertz CT molecular complexity index is 1360. The topological polar surface area (TPSA) is 65.1 Å². The van der Waals surface area contributed by atoms with Gasteiger partial charge in [0.25, 0.3) is 5.91 Å². The van der Waals surface area contributed by atoms with Crippen molar-refractivity contribution in [1.29, 1.82) is 0 Å². The molecule has 0 radical (unpaired) electrons. The van der Waals surface area contributed by atoms with Crippen molar-refractivity contribution >= 4 is 16.8 Å². The highest BCUT2D eigenvalue weighted by molar-refractivity contribution is 5.99. The average Bonchev–Trinajstić information content (AvgIpc) is 3.50. The number of hydrogen-bond donors (Lipinski definition) is 1. The van der Waals surface area contributed by atoms with E-state index in [0.29, 0.717) is 17.3 Å². The van der Waals surface area contributed by atoms with Crippen LogP contribution in [0.3, 0.4) is 0 Å². The Morgan fingerprint density at radius 2 is 1.91 bits per heavy atom. The van der Waals surface area contributed by atoms with Gasteiger partial charge in [0.1, 0.15) is 5.69 Å². The summed E-state index contributed by atoms with van der Waals surface area (Å²) in [5.41, 5.74) is 5.20.